The number of nitrogens with one attached hydrogen (secondary N) is 1. The number of hydrogen-bond donors (Lipinski definition) is 2. The van der Waals surface area contributed by atoms with Crippen molar-refractivity contribution in [3.63, 3.8) is 0 Å². The number of ether oxygens (including phenoxy) is 3. The lowest BCUT2D eigenvalue weighted by Gasteiger charge is -2.74. The number of carboxylic acid groups (broad SMARTS) is 1. The molecular weight excluding hydrogens is 432 g/mol. The van der Waals surface area contributed by atoms with Crippen molar-refractivity contribution in [1.82, 2.24) is 10.2 Å². The maximum Gasteiger partial charge on any atom is 0.317 e. The molecule has 34 heavy (non-hydrogen) atoms. The Kier molecular flexibility index (Phi) is 4.49. The molecule has 0 aromatic heterocycles. The Labute approximate surface area is 201 Å². The minimum atomic E-state index is -0.814. The molecule has 2 aliphatic heterocycles. The molecule has 7 nitrogen and oxygen atoms in total. The summed E-state index contributed by atoms with van der Waals surface area (Å²) in [6.45, 7) is 2.98. The van der Waals surface area contributed by atoms with Crippen molar-refractivity contribution in [2.24, 2.45) is 17.3 Å². The third-order valence-corrected chi connectivity index (χ3v) is 10.7. The van der Waals surface area contributed by atoms with E-state index >= 15 is 0 Å². The van der Waals surface area contributed by atoms with Gasteiger partial charge in [-0.1, -0.05) is 6.07 Å². The van der Waals surface area contributed by atoms with Crippen LogP contribution >= 0.6 is 0 Å². The van der Waals surface area contributed by atoms with E-state index in [0.29, 0.717) is 12.6 Å². The van der Waals surface area contributed by atoms with Gasteiger partial charge in [-0.05, 0) is 69.0 Å². The van der Waals surface area contributed by atoms with Gasteiger partial charge in [-0.2, -0.15) is 0 Å². The summed E-state index contributed by atoms with van der Waals surface area (Å²) in [5.74, 6) is 2.06. The van der Waals surface area contributed by atoms with Gasteiger partial charge in [-0.15, -0.1) is 0 Å². The molecule has 2 heterocycles. The molecule has 2 N–H and O–H groups in total. The van der Waals surface area contributed by atoms with Crippen molar-refractivity contribution in [2.45, 2.75) is 68.1 Å². The molecule has 0 radical (unpaired) electrons. The highest BCUT2D eigenvalue weighted by Gasteiger charge is 2.80. The van der Waals surface area contributed by atoms with E-state index in [0.717, 1.165) is 56.1 Å². The third-order valence-electron chi connectivity index (χ3n) is 10.7. The van der Waals surface area contributed by atoms with Crippen molar-refractivity contribution in [2.75, 3.05) is 40.4 Å². The predicted octanol–water partition coefficient (Wildman–Crippen LogP) is 2.59. The van der Waals surface area contributed by atoms with Gasteiger partial charge in [0.15, 0.2) is 11.5 Å². The van der Waals surface area contributed by atoms with Crippen LogP contribution in [-0.4, -0.2) is 74.1 Å². The van der Waals surface area contributed by atoms with Gasteiger partial charge in [0.25, 0.3) is 0 Å². The van der Waals surface area contributed by atoms with Gasteiger partial charge < -0.3 is 24.6 Å². The summed E-state index contributed by atoms with van der Waals surface area (Å²) in [7, 11) is 3.58. The smallest absolute Gasteiger partial charge is 0.317 e. The van der Waals surface area contributed by atoms with Gasteiger partial charge in [0.05, 0.1) is 13.7 Å². The Morgan fingerprint density at radius 3 is 2.85 bits per heavy atom. The van der Waals surface area contributed by atoms with Gasteiger partial charge in [0, 0.05) is 48.6 Å². The Morgan fingerprint density at radius 1 is 1.26 bits per heavy atom. The Morgan fingerprint density at radius 2 is 2.12 bits per heavy atom. The van der Waals surface area contributed by atoms with Crippen LogP contribution in [0.4, 0.5) is 0 Å². The second kappa shape index (κ2) is 7.11. The number of piperidine rings is 1. The molecule has 184 valence electrons. The molecule has 5 fully saturated rings. The number of carboxylic acids is 1. The van der Waals surface area contributed by atoms with E-state index in [1.165, 1.54) is 30.5 Å². The van der Waals surface area contributed by atoms with Gasteiger partial charge in [0.1, 0.15) is 11.7 Å². The van der Waals surface area contributed by atoms with E-state index in [1.807, 2.05) is 7.11 Å². The van der Waals surface area contributed by atoms with Gasteiger partial charge in [0.2, 0.25) is 0 Å². The zero-order chi connectivity index (χ0) is 23.3. The Bertz CT molecular complexity index is 1040. The first kappa shape index (κ1) is 21.5. The van der Waals surface area contributed by atoms with Crippen molar-refractivity contribution < 1.29 is 24.1 Å². The maximum atomic E-state index is 11.3. The monoisotopic (exact) mass is 468 g/mol. The fourth-order valence-corrected chi connectivity index (χ4v) is 9.29. The molecule has 5 aliphatic carbocycles. The van der Waals surface area contributed by atoms with Crippen LogP contribution in [0, 0.1) is 17.3 Å². The summed E-state index contributed by atoms with van der Waals surface area (Å²) < 4.78 is 19.3. The highest BCUT2D eigenvalue weighted by atomic mass is 16.6. The van der Waals surface area contributed by atoms with Gasteiger partial charge in [-0.25, -0.2) is 0 Å². The van der Waals surface area contributed by atoms with Crippen LogP contribution in [0.1, 0.15) is 49.7 Å². The number of aliphatic carboxylic acids is 1. The molecule has 1 aromatic rings. The first-order chi connectivity index (χ1) is 16.5. The SMILES string of the molecule is COc1ccc2c3c1O[C@H]1[C@@]4(OC)CC[C@@]5(C[C@@H]4CNCC(=O)O)[C@@H](C2)N(CC2CC2)CC[C@]315. The molecule has 7 heteroatoms. The number of methoxy groups -OCH3 is 2. The predicted molar refractivity (Wildman–Crippen MR) is 126 cm³/mol. The molecule has 0 unspecified atom stereocenters. The lowest BCUT2D eigenvalue weighted by atomic mass is 9.35. The number of rotatable bonds is 8. The third kappa shape index (κ3) is 2.46. The van der Waals surface area contributed by atoms with Crippen molar-refractivity contribution in [3.05, 3.63) is 23.3 Å². The second-order valence-electron chi connectivity index (χ2n) is 11.7. The van der Waals surface area contributed by atoms with E-state index in [1.54, 1.807) is 7.11 Å². The molecule has 1 aromatic carbocycles. The van der Waals surface area contributed by atoms with E-state index in [9.17, 15) is 9.90 Å². The molecule has 2 spiro atoms. The molecule has 1 saturated heterocycles. The summed E-state index contributed by atoms with van der Waals surface area (Å²) in [6, 6.07) is 4.89. The number of benzene rings is 1. The number of likely N-dealkylation sites (tertiary alicyclic amines) is 1. The van der Waals surface area contributed by atoms with Crippen molar-refractivity contribution >= 4 is 5.97 Å². The minimum absolute atomic E-state index is 0.0185. The van der Waals surface area contributed by atoms with E-state index in [-0.39, 0.29) is 29.4 Å². The van der Waals surface area contributed by atoms with Crippen LogP contribution in [0.25, 0.3) is 0 Å². The zero-order valence-corrected chi connectivity index (χ0v) is 20.3. The lowest BCUT2D eigenvalue weighted by molar-refractivity contribution is -0.276. The molecule has 7 aliphatic rings. The normalized spacial score (nSPS) is 41.2. The number of hydrogen-bond acceptors (Lipinski definition) is 6. The summed E-state index contributed by atoms with van der Waals surface area (Å²) in [5, 5.41) is 12.5. The highest BCUT2D eigenvalue weighted by molar-refractivity contribution is 5.69. The molecule has 4 saturated carbocycles. The summed E-state index contributed by atoms with van der Waals surface area (Å²) in [4.78, 5) is 14.1. The fraction of sp³-hybridized carbons (Fsp3) is 0.741. The van der Waals surface area contributed by atoms with Gasteiger partial charge >= 0.3 is 5.97 Å². The van der Waals surface area contributed by atoms with E-state index in [4.69, 9.17) is 14.2 Å². The number of carbonyl (C=O) groups is 1. The van der Waals surface area contributed by atoms with E-state index < -0.39 is 11.6 Å². The molecule has 8 rings (SSSR count). The number of nitrogens with zero attached hydrogens (tertiary/aromatic N) is 1. The topological polar surface area (TPSA) is 80.3 Å². The van der Waals surface area contributed by atoms with E-state index in [2.05, 4.69) is 22.3 Å². The van der Waals surface area contributed by atoms with Crippen LogP contribution in [0.2, 0.25) is 0 Å². The Hall–Kier alpha value is -1.83. The van der Waals surface area contributed by atoms with Crippen LogP contribution in [0.3, 0.4) is 0 Å². The zero-order valence-electron chi connectivity index (χ0n) is 20.3. The minimum Gasteiger partial charge on any atom is -0.493 e. The summed E-state index contributed by atoms with van der Waals surface area (Å²) >= 11 is 0. The molecule has 4 bridgehead atoms. The first-order valence-electron chi connectivity index (χ1n) is 13.1. The summed E-state index contributed by atoms with van der Waals surface area (Å²) in [6.07, 6.45) is 8.06. The van der Waals surface area contributed by atoms with Crippen molar-refractivity contribution in [3.8, 4) is 11.5 Å². The average molecular weight is 469 g/mol. The maximum absolute atomic E-state index is 11.3. The average Bonchev–Trinajstić information content (AvgIpc) is 3.57. The lowest BCUT2D eigenvalue weighted by Crippen LogP contribution is -2.81. The first-order valence-corrected chi connectivity index (χ1v) is 13.1. The highest BCUT2D eigenvalue weighted by Crippen LogP contribution is 2.76. The largest absolute Gasteiger partial charge is 0.493 e. The van der Waals surface area contributed by atoms with Crippen LogP contribution in [0.5, 0.6) is 11.5 Å². The van der Waals surface area contributed by atoms with Gasteiger partial charge in [-0.3, -0.25) is 9.69 Å². The Balaban J connectivity index is 1.39. The molecule has 6 atom stereocenters. The van der Waals surface area contributed by atoms with Crippen LogP contribution in [-0.2, 0) is 21.4 Å². The fourth-order valence-electron chi connectivity index (χ4n) is 9.29. The van der Waals surface area contributed by atoms with Crippen LogP contribution < -0.4 is 14.8 Å². The molecule has 0 amide bonds. The molecular formula is C27H36N2O5. The van der Waals surface area contributed by atoms with Crippen molar-refractivity contribution in [1.29, 1.82) is 0 Å². The second-order valence-corrected chi connectivity index (χ2v) is 11.7. The standard InChI is InChI=1S/C27H36N2O5/c1-32-19-6-5-17-11-20-25-7-8-27(33-2,18(12-25)13-28-14-21(30)31)24-26(25,22(17)23(19)34-24)9-10-29(20)15-16-3-4-16/h5-6,16,18,20,24,28H,3-4,7-15H2,1-2H3,(H,30,31)/t18-,20-,24-,25-,26+,27-/m1/s1. The van der Waals surface area contributed by atoms with Crippen LogP contribution in [0.15, 0.2) is 12.1 Å². The summed E-state index contributed by atoms with van der Waals surface area (Å²) in [5.41, 5.74) is 2.51. The quantitative estimate of drug-likeness (QED) is 0.607. The number of fused-ring (bicyclic) bond motifs is 2.